The fourth-order valence-corrected chi connectivity index (χ4v) is 2.01. The Labute approximate surface area is 125 Å². The molecule has 21 heavy (non-hydrogen) atoms. The van der Waals surface area contributed by atoms with Crippen LogP contribution in [0.4, 0.5) is 5.69 Å². The number of amides is 1. The first-order valence-electron chi connectivity index (χ1n) is 7.41. The van der Waals surface area contributed by atoms with Crippen LogP contribution in [-0.4, -0.2) is 28.3 Å². The van der Waals surface area contributed by atoms with Crippen molar-refractivity contribution in [2.24, 2.45) is 5.41 Å². The second kappa shape index (κ2) is 6.61. The molecule has 1 aromatic heterocycles. The summed E-state index contributed by atoms with van der Waals surface area (Å²) in [5, 5.41) is 19.1. The number of rotatable bonds is 8. The molecule has 1 amide bonds. The Morgan fingerprint density at radius 1 is 1.57 bits per heavy atom. The Hall–Kier alpha value is -2.03. The van der Waals surface area contributed by atoms with Gasteiger partial charge in [-0.15, -0.1) is 0 Å². The molecule has 2 N–H and O–H groups in total. The van der Waals surface area contributed by atoms with Crippen molar-refractivity contribution in [2.45, 2.75) is 52.1 Å². The molecule has 1 heterocycles. The van der Waals surface area contributed by atoms with Crippen LogP contribution >= 0.6 is 0 Å². The Morgan fingerprint density at radius 2 is 2.33 bits per heavy atom. The van der Waals surface area contributed by atoms with Crippen molar-refractivity contribution in [2.75, 3.05) is 11.9 Å². The number of nitrogens with zero attached hydrogens (tertiary/aromatic N) is 3. The highest BCUT2D eigenvalue weighted by molar-refractivity contribution is 5.76. The van der Waals surface area contributed by atoms with Gasteiger partial charge in [0.15, 0.2) is 0 Å². The number of aromatic nitrogens is 2. The third-order valence-electron chi connectivity index (χ3n) is 3.57. The van der Waals surface area contributed by atoms with E-state index in [1.165, 1.54) is 0 Å². The van der Waals surface area contributed by atoms with Crippen molar-refractivity contribution >= 4 is 11.6 Å². The quantitative estimate of drug-likeness (QED) is 0.765. The highest BCUT2D eigenvalue weighted by Crippen LogP contribution is 2.22. The van der Waals surface area contributed by atoms with Crippen molar-refractivity contribution in [3.8, 4) is 6.07 Å². The van der Waals surface area contributed by atoms with E-state index in [1.54, 1.807) is 10.9 Å². The monoisotopic (exact) mass is 289 g/mol. The highest BCUT2D eigenvalue weighted by atomic mass is 16.2. The van der Waals surface area contributed by atoms with Crippen LogP contribution in [0.15, 0.2) is 12.4 Å². The zero-order valence-electron chi connectivity index (χ0n) is 12.7. The molecular formula is C15H23N5O. The van der Waals surface area contributed by atoms with Crippen LogP contribution in [0, 0.1) is 16.7 Å². The summed E-state index contributed by atoms with van der Waals surface area (Å²) >= 11 is 0. The molecule has 1 aromatic rings. The fraction of sp³-hybridized carbons (Fsp3) is 0.667. The van der Waals surface area contributed by atoms with Gasteiger partial charge in [-0.05, 0) is 24.7 Å². The van der Waals surface area contributed by atoms with Crippen LogP contribution < -0.4 is 10.6 Å². The summed E-state index contributed by atoms with van der Waals surface area (Å²) in [4.78, 5) is 11.7. The molecule has 1 fully saturated rings. The Balaban J connectivity index is 1.77. The van der Waals surface area contributed by atoms with Gasteiger partial charge >= 0.3 is 0 Å². The van der Waals surface area contributed by atoms with Gasteiger partial charge in [-0.2, -0.15) is 10.4 Å². The zero-order valence-corrected chi connectivity index (χ0v) is 12.7. The third-order valence-corrected chi connectivity index (χ3v) is 3.57. The lowest BCUT2D eigenvalue weighted by Gasteiger charge is -2.23. The summed E-state index contributed by atoms with van der Waals surface area (Å²) in [6, 6.07) is 2.56. The lowest BCUT2D eigenvalue weighted by molar-refractivity contribution is -0.122. The molecule has 0 aliphatic heterocycles. The van der Waals surface area contributed by atoms with Crippen molar-refractivity contribution in [3.63, 3.8) is 0 Å². The van der Waals surface area contributed by atoms with Crippen LogP contribution in [0.1, 0.15) is 39.5 Å². The maximum Gasteiger partial charge on any atom is 0.241 e. The Kier molecular flexibility index (Phi) is 4.84. The van der Waals surface area contributed by atoms with E-state index >= 15 is 0 Å². The van der Waals surface area contributed by atoms with Gasteiger partial charge < -0.3 is 10.6 Å². The number of carbonyl (C=O) groups is 1. The molecule has 0 radical (unpaired) electrons. The van der Waals surface area contributed by atoms with Crippen LogP contribution in [0.5, 0.6) is 0 Å². The van der Waals surface area contributed by atoms with E-state index in [2.05, 4.69) is 35.6 Å². The van der Waals surface area contributed by atoms with E-state index in [9.17, 15) is 4.79 Å². The molecule has 6 nitrogen and oxygen atoms in total. The Bertz CT molecular complexity index is 524. The van der Waals surface area contributed by atoms with Gasteiger partial charge in [-0.3, -0.25) is 9.48 Å². The first kappa shape index (κ1) is 15.4. The normalized spacial score (nSPS) is 14.5. The molecule has 0 aromatic carbocycles. The first-order chi connectivity index (χ1) is 9.98. The van der Waals surface area contributed by atoms with E-state index in [0.29, 0.717) is 12.5 Å². The van der Waals surface area contributed by atoms with Gasteiger partial charge in [0.2, 0.25) is 5.91 Å². The predicted molar refractivity (Wildman–Crippen MR) is 80.5 cm³/mol. The van der Waals surface area contributed by atoms with Gasteiger partial charge in [-0.25, -0.2) is 0 Å². The number of hydrogen-bond donors (Lipinski definition) is 2. The van der Waals surface area contributed by atoms with Crippen molar-refractivity contribution in [1.29, 1.82) is 5.26 Å². The maximum absolute atomic E-state index is 11.7. The van der Waals surface area contributed by atoms with Gasteiger partial charge in [0.05, 0.1) is 18.0 Å². The molecule has 114 valence electrons. The lowest BCUT2D eigenvalue weighted by atomic mass is 9.88. The summed E-state index contributed by atoms with van der Waals surface area (Å²) in [5.74, 6) is 0.0153. The Morgan fingerprint density at radius 3 is 3.00 bits per heavy atom. The molecule has 0 bridgehead atoms. The highest BCUT2D eigenvalue weighted by Gasteiger charge is 2.23. The molecule has 2 rings (SSSR count). The molecule has 0 saturated heterocycles. The van der Waals surface area contributed by atoms with E-state index in [1.807, 2.05) is 6.20 Å². The topological polar surface area (TPSA) is 82.7 Å². The number of carbonyl (C=O) groups excluding carboxylic acids is 1. The van der Waals surface area contributed by atoms with E-state index in [0.717, 1.165) is 31.5 Å². The van der Waals surface area contributed by atoms with Gasteiger partial charge in [0.1, 0.15) is 6.54 Å². The lowest BCUT2D eigenvalue weighted by Crippen LogP contribution is -2.29. The van der Waals surface area contributed by atoms with Crippen molar-refractivity contribution in [1.82, 2.24) is 15.1 Å². The second-order valence-electron chi connectivity index (χ2n) is 6.44. The van der Waals surface area contributed by atoms with Gasteiger partial charge in [0, 0.05) is 25.2 Å². The van der Waals surface area contributed by atoms with E-state index in [4.69, 9.17) is 5.26 Å². The molecule has 0 atom stereocenters. The minimum Gasteiger partial charge on any atom is -0.382 e. The summed E-state index contributed by atoms with van der Waals surface area (Å²) < 4.78 is 1.64. The average Bonchev–Trinajstić information content (AvgIpc) is 3.12. The fourth-order valence-electron chi connectivity index (χ4n) is 2.01. The second-order valence-corrected chi connectivity index (χ2v) is 6.44. The van der Waals surface area contributed by atoms with Crippen LogP contribution in [0.2, 0.25) is 0 Å². The molecule has 1 aliphatic rings. The molecule has 6 heteroatoms. The van der Waals surface area contributed by atoms with Crippen molar-refractivity contribution in [3.05, 3.63) is 12.4 Å². The zero-order chi connectivity index (χ0) is 15.3. The summed E-state index contributed by atoms with van der Waals surface area (Å²) in [6.45, 7) is 5.29. The third kappa shape index (κ3) is 5.46. The number of anilines is 1. The molecule has 1 aliphatic carbocycles. The van der Waals surface area contributed by atoms with Crippen LogP contribution in [0.25, 0.3) is 0 Å². The summed E-state index contributed by atoms with van der Waals surface area (Å²) in [7, 11) is 0. The van der Waals surface area contributed by atoms with Crippen molar-refractivity contribution < 1.29 is 4.79 Å². The molecule has 0 unspecified atom stereocenters. The largest absolute Gasteiger partial charge is 0.382 e. The number of nitrogens with one attached hydrogen (secondary N) is 2. The van der Waals surface area contributed by atoms with E-state index in [-0.39, 0.29) is 17.9 Å². The van der Waals surface area contributed by atoms with Gasteiger partial charge in [-0.1, -0.05) is 13.8 Å². The number of hydrogen-bond acceptors (Lipinski definition) is 4. The summed E-state index contributed by atoms with van der Waals surface area (Å²) in [6.07, 6.45) is 7.17. The smallest absolute Gasteiger partial charge is 0.241 e. The van der Waals surface area contributed by atoms with Crippen LogP contribution in [-0.2, 0) is 11.3 Å². The molecule has 0 spiro atoms. The minimum absolute atomic E-state index is 0.0153. The van der Waals surface area contributed by atoms with Crippen LogP contribution in [0.3, 0.4) is 0 Å². The predicted octanol–water partition coefficient (Wildman–Crippen LogP) is 1.90. The van der Waals surface area contributed by atoms with Gasteiger partial charge in [0.25, 0.3) is 0 Å². The minimum atomic E-state index is 0.0153. The maximum atomic E-state index is 11.7. The SMILES string of the molecule is CC(C)(CCC#N)CNc1cnn(CC(=O)NC2CC2)c1. The molecule has 1 saturated carbocycles. The molecular weight excluding hydrogens is 266 g/mol. The number of nitriles is 1. The summed E-state index contributed by atoms with van der Waals surface area (Å²) in [5.41, 5.74) is 0.959. The average molecular weight is 289 g/mol. The first-order valence-corrected chi connectivity index (χ1v) is 7.41. The standard InChI is InChI=1S/C15H23N5O/c1-15(2,6-3-7-16)11-17-13-8-18-20(9-13)10-14(21)19-12-4-5-12/h8-9,12,17H,3-6,10-11H2,1-2H3,(H,19,21). The van der Waals surface area contributed by atoms with E-state index < -0.39 is 0 Å².